The molecule has 0 nitrogen and oxygen atoms in total. The van der Waals surface area contributed by atoms with Crippen LogP contribution < -0.4 is 0 Å². The first-order valence-electron chi connectivity index (χ1n) is 6.90. The van der Waals surface area contributed by atoms with E-state index in [1.807, 2.05) is 11.8 Å². The Morgan fingerprint density at radius 2 is 2.05 bits per heavy atom. The van der Waals surface area contributed by atoms with Gasteiger partial charge in [-0.25, -0.2) is 0 Å². The van der Waals surface area contributed by atoms with Gasteiger partial charge in [0.2, 0.25) is 0 Å². The van der Waals surface area contributed by atoms with E-state index in [-0.39, 0.29) is 0 Å². The highest BCUT2D eigenvalue weighted by atomic mass is 79.9. The minimum atomic E-state index is 0.922. The van der Waals surface area contributed by atoms with Crippen LogP contribution in [0.2, 0.25) is 5.02 Å². The normalized spacial score (nSPS) is 14.9. The quantitative estimate of drug-likeness (QED) is 0.416. The summed E-state index contributed by atoms with van der Waals surface area (Å²) < 4.78 is 1.18. The molecule has 0 N–H and O–H groups in total. The number of hydrogen-bond acceptors (Lipinski definition) is 2. The monoisotopic (exact) mass is 386 g/mol. The van der Waals surface area contributed by atoms with Crippen molar-refractivity contribution in [3.63, 3.8) is 0 Å². The van der Waals surface area contributed by atoms with Crippen LogP contribution in [-0.4, -0.2) is 0 Å². The summed E-state index contributed by atoms with van der Waals surface area (Å²) in [5, 5.41) is 3.06. The van der Waals surface area contributed by atoms with Crippen molar-refractivity contribution >= 4 is 50.6 Å². The van der Waals surface area contributed by atoms with E-state index in [0.717, 1.165) is 10.8 Å². The SMILES string of the molecule is Clc1ccc2c(c1SCc1cc(Br)cs1)CCCCC2. The van der Waals surface area contributed by atoms with Gasteiger partial charge in [0.1, 0.15) is 0 Å². The van der Waals surface area contributed by atoms with Crippen LogP contribution in [0.5, 0.6) is 0 Å². The van der Waals surface area contributed by atoms with Crippen LogP contribution in [0, 0.1) is 0 Å². The first kappa shape index (κ1) is 15.0. The number of rotatable bonds is 3. The molecule has 0 bridgehead atoms. The lowest BCUT2D eigenvalue weighted by Crippen LogP contribution is -1.95. The van der Waals surface area contributed by atoms with E-state index in [1.54, 1.807) is 11.3 Å². The maximum atomic E-state index is 6.46. The zero-order valence-electron chi connectivity index (χ0n) is 11.1. The van der Waals surface area contributed by atoms with Gasteiger partial charge in [-0.3, -0.25) is 0 Å². The fraction of sp³-hybridized carbons (Fsp3) is 0.375. The van der Waals surface area contributed by atoms with Gasteiger partial charge in [-0.15, -0.1) is 23.1 Å². The predicted molar refractivity (Wildman–Crippen MR) is 94.3 cm³/mol. The molecule has 0 unspecified atom stereocenters. The molecule has 4 heteroatoms. The summed E-state index contributed by atoms with van der Waals surface area (Å²) >= 11 is 13.7. The lowest BCUT2D eigenvalue weighted by atomic mass is 10.0. The second-order valence-electron chi connectivity index (χ2n) is 5.09. The second kappa shape index (κ2) is 6.87. The fourth-order valence-electron chi connectivity index (χ4n) is 2.67. The van der Waals surface area contributed by atoms with Gasteiger partial charge in [-0.2, -0.15) is 0 Å². The number of fused-ring (bicyclic) bond motifs is 1. The van der Waals surface area contributed by atoms with Crippen LogP contribution in [0.3, 0.4) is 0 Å². The molecule has 0 spiro atoms. The molecular weight excluding hydrogens is 372 g/mol. The van der Waals surface area contributed by atoms with Crippen molar-refractivity contribution in [2.75, 3.05) is 0 Å². The third-order valence-electron chi connectivity index (χ3n) is 3.66. The van der Waals surface area contributed by atoms with Crippen molar-refractivity contribution in [2.45, 2.75) is 42.8 Å². The summed E-state index contributed by atoms with van der Waals surface area (Å²) in [6, 6.07) is 6.51. The van der Waals surface area contributed by atoms with Gasteiger partial charge in [-0.1, -0.05) is 24.1 Å². The summed E-state index contributed by atoms with van der Waals surface area (Å²) in [6.07, 6.45) is 6.35. The lowest BCUT2D eigenvalue weighted by molar-refractivity contribution is 0.710. The fourth-order valence-corrected chi connectivity index (χ4v) is 5.68. The second-order valence-corrected chi connectivity index (χ2v) is 8.40. The van der Waals surface area contributed by atoms with Gasteiger partial charge < -0.3 is 0 Å². The number of thioether (sulfide) groups is 1. The summed E-state index contributed by atoms with van der Waals surface area (Å²) in [7, 11) is 0. The Labute approximate surface area is 142 Å². The van der Waals surface area contributed by atoms with Crippen LogP contribution in [-0.2, 0) is 18.6 Å². The highest BCUT2D eigenvalue weighted by Crippen LogP contribution is 2.38. The molecule has 1 aliphatic carbocycles. The van der Waals surface area contributed by atoms with E-state index in [4.69, 9.17) is 11.6 Å². The summed E-state index contributed by atoms with van der Waals surface area (Å²) in [5.74, 6) is 1.01. The summed E-state index contributed by atoms with van der Waals surface area (Å²) in [4.78, 5) is 2.71. The Bertz CT molecular complexity index is 607. The van der Waals surface area contributed by atoms with E-state index < -0.39 is 0 Å². The van der Waals surface area contributed by atoms with E-state index >= 15 is 0 Å². The van der Waals surface area contributed by atoms with Crippen molar-refractivity contribution in [3.05, 3.63) is 49.1 Å². The van der Waals surface area contributed by atoms with Crippen LogP contribution in [0.4, 0.5) is 0 Å². The third kappa shape index (κ3) is 3.44. The maximum Gasteiger partial charge on any atom is 0.0544 e. The number of thiophene rings is 1. The Balaban J connectivity index is 1.84. The molecule has 1 aromatic carbocycles. The molecule has 0 atom stereocenters. The number of halogens is 2. The number of benzene rings is 1. The molecule has 0 fully saturated rings. The Morgan fingerprint density at radius 3 is 2.85 bits per heavy atom. The third-order valence-corrected chi connectivity index (χ3v) is 7.18. The molecule has 20 heavy (non-hydrogen) atoms. The highest BCUT2D eigenvalue weighted by molar-refractivity contribution is 9.10. The predicted octanol–water partition coefficient (Wildman–Crippen LogP) is 6.73. The van der Waals surface area contributed by atoms with Gasteiger partial charge in [0.15, 0.2) is 0 Å². The molecule has 1 aliphatic rings. The smallest absolute Gasteiger partial charge is 0.0544 e. The van der Waals surface area contributed by atoms with Gasteiger partial charge in [-0.05, 0) is 64.9 Å². The van der Waals surface area contributed by atoms with Crippen LogP contribution in [0.1, 0.15) is 35.3 Å². The van der Waals surface area contributed by atoms with Crippen LogP contribution >= 0.6 is 50.6 Å². The summed E-state index contributed by atoms with van der Waals surface area (Å²) in [6.45, 7) is 0. The molecule has 3 rings (SSSR count). The Hall–Kier alpha value is 0.0400. The zero-order chi connectivity index (χ0) is 13.9. The Kier molecular flexibility index (Phi) is 5.13. The van der Waals surface area contributed by atoms with Crippen LogP contribution in [0.25, 0.3) is 0 Å². The van der Waals surface area contributed by atoms with Crippen molar-refractivity contribution < 1.29 is 0 Å². The molecule has 0 amide bonds. The van der Waals surface area contributed by atoms with Crippen LogP contribution in [0.15, 0.2) is 32.9 Å². The van der Waals surface area contributed by atoms with Crippen molar-refractivity contribution in [2.24, 2.45) is 0 Å². The molecule has 0 saturated carbocycles. The van der Waals surface area contributed by atoms with E-state index in [0.29, 0.717) is 0 Å². The van der Waals surface area contributed by atoms with Gasteiger partial charge in [0.05, 0.1) is 5.02 Å². The van der Waals surface area contributed by atoms with Gasteiger partial charge >= 0.3 is 0 Å². The van der Waals surface area contributed by atoms with E-state index in [2.05, 4.69) is 39.5 Å². The molecule has 0 saturated heterocycles. The van der Waals surface area contributed by atoms with E-state index in [1.165, 1.54) is 57.5 Å². The molecule has 1 heterocycles. The summed E-state index contributed by atoms with van der Waals surface area (Å²) in [5.41, 5.74) is 3.03. The minimum absolute atomic E-state index is 0.922. The Morgan fingerprint density at radius 1 is 1.20 bits per heavy atom. The number of hydrogen-bond donors (Lipinski definition) is 0. The largest absolute Gasteiger partial charge is 0.147 e. The van der Waals surface area contributed by atoms with Crippen molar-refractivity contribution in [1.29, 1.82) is 0 Å². The first-order valence-corrected chi connectivity index (χ1v) is 9.93. The van der Waals surface area contributed by atoms with Crippen molar-refractivity contribution in [1.82, 2.24) is 0 Å². The number of aryl methyl sites for hydroxylation is 1. The highest BCUT2D eigenvalue weighted by Gasteiger charge is 2.15. The standard InChI is InChI=1S/C16H16BrClS2/c17-12-8-13(19-9-12)10-20-16-14-5-3-1-2-4-11(14)6-7-15(16)18/h6-9H,1-5,10H2. The van der Waals surface area contributed by atoms with E-state index in [9.17, 15) is 0 Å². The zero-order valence-corrected chi connectivity index (χ0v) is 15.1. The first-order chi connectivity index (χ1) is 9.74. The molecule has 1 aromatic heterocycles. The van der Waals surface area contributed by atoms with Gasteiger partial charge in [0, 0.05) is 25.4 Å². The average molecular weight is 388 g/mol. The van der Waals surface area contributed by atoms with Gasteiger partial charge in [0.25, 0.3) is 0 Å². The maximum absolute atomic E-state index is 6.46. The molecule has 106 valence electrons. The van der Waals surface area contributed by atoms with Crippen molar-refractivity contribution in [3.8, 4) is 0 Å². The average Bonchev–Trinajstić information content (AvgIpc) is 2.71. The molecular formula is C16H16BrClS2. The molecule has 2 aromatic rings. The molecule has 0 aliphatic heterocycles. The topological polar surface area (TPSA) is 0 Å². The minimum Gasteiger partial charge on any atom is -0.147 e. The molecule has 0 radical (unpaired) electrons. The lowest BCUT2D eigenvalue weighted by Gasteiger charge is -2.13.